The molecule has 10 heteroatoms. The van der Waals surface area contributed by atoms with Crippen LogP contribution < -0.4 is 14.8 Å². The van der Waals surface area contributed by atoms with E-state index in [1.165, 1.54) is 0 Å². The standard InChI is InChI=1S/C21H18N2O8/c24-16-12-17(25)19(23(28)29)20(26)18(16)21(27)22-10-11-30-13-6-8-15(9-7-13)31-14-4-2-1-3-5-14/h1-9,12,24-26H,10-11H2,(H,22,27). The highest BCUT2D eigenvalue weighted by Gasteiger charge is 2.29. The maximum Gasteiger partial charge on any atom is 0.353 e. The van der Waals surface area contributed by atoms with Crippen molar-refractivity contribution in [3.05, 3.63) is 76.3 Å². The number of hydrogen-bond acceptors (Lipinski definition) is 8. The number of aromatic hydroxyl groups is 3. The van der Waals surface area contributed by atoms with E-state index in [0.29, 0.717) is 23.3 Å². The Labute approximate surface area is 176 Å². The number of nitro benzene ring substituents is 1. The third-order valence-corrected chi connectivity index (χ3v) is 4.10. The van der Waals surface area contributed by atoms with Crippen LogP contribution in [-0.2, 0) is 0 Å². The summed E-state index contributed by atoms with van der Waals surface area (Å²) in [6, 6.07) is 16.7. The quantitative estimate of drug-likeness (QED) is 0.243. The minimum Gasteiger partial charge on any atom is -0.507 e. The van der Waals surface area contributed by atoms with Gasteiger partial charge < -0.3 is 30.1 Å². The number of rotatable bonds is 8. The molecule has 31 heavy (non-hydrogen) atoms. The van der Waals surface area contributed by atoms with Gasteiger partial charge in [-0.25, -0.2) is 0 Å². The molecule has 0 aliphatic rings. The zero-order valence-electron chi connectivity index (χ0n) is 16.0. The van der Waals surface area contributed by atoms with Gasteiger partial charge in [0.15, 0.2) is 0 Å². The molecule has 4 N–H and O–H groups in total. The summed E-state index contributed by atoms with van der Waals surface area (Å²) in [6.07, 6.45) is 0. The number of carbonyl (C=O) groups is 1. The highest BCUT2D eigenvalue weighted by atomic mass is 16.6. The Kier molecular flexibility index (Phi) is 6.41. The first kappa shape index (κ1) is 21.2. The summed E-state index contributed by atoms with van der Waals surface area (Å²) in [4.78, 5) is 22.0. The third-order valence-electron chi connectivity index (χ3n) is 4.10. The van der Waals surface area contributed by atoms with Gasteiger partial charge in [-0.1, -0.05) is 18.2 Å². The molecule has 3 rings (SSSR count). The van der Waals surface area contributed by atoms with Crippen molar-refractivity contribution in [2.45, 2.75) is 0 Å². The molecule has 160 valence electrons. The van der Waals surface area contributed by atoms with Gasteiger partial charge in [0.2, 0.25) is 11.5 Å². The normalized spacial score (nSPS) is 10.3. The molecule has 0 aromatic heterocycles. The van der Waals surface area contributed by atoms with E-state index < -0.39 is 39.3 Å². The predicted molar refractivity (Wildman–Crippen MR) is 109 cm³/mol. The molecule has 1 amide bonds. The molecule has 0 heterocycles. The summed E-state index contributed by atoms with van der Waals surface area (Å²) in [5, 5.41) is 42.4. The molecule has 10 nitrogen and oxygen atoms in total. The summed E-state index contributed by atoms with van der Waals surface area (Å²) in [5.41, 5.74) is -1.79. The maximum atomic E-state index is 12.2. The van der Waals surface area contributed by atoms with Gasteiger partial charge in [-0.2, -0.15) is 0 Å². The molecule has 0 fully saturated rings. The number of nitrogens with zero attached hydrogens (tertiary/aromatic N) is 1. The minimum absolute atomic E-state index is 0.0192. The van der Waals surface area contributed by atoms with Crippen LogP contribution in [0.4, 0.5) is 5.69 Å². The number of benzene rings is 3. The van der Waals surface area contributed by atoms with Crippen molar-refractivity contribution >= 4 is 11.6 Å². The second-order valence-corrected chi connectivity index (χ2v) is 6.24. The molecule has 0 radical (unpaired) electrons. The van der Waals surface area contributed by atoms with Crippen molar-refractivity contribution in [2.24, 2.45) is 0 Å². The highest BCUT2D eigenvalue weighted by molar-refractivity contribution is 6.01. The fourth-order valence-electron chi connectivity index (χ4n) is 2.69. The van der Waals surface area contributed by atoms with Gasteiger partial charge in [0.25, 0.3) is 5.91 Å². The lowest BCUT2D eigenvalue weighted by molar-refractivity contribution is -0.386. The first-order valence-corrected chi connectivity index (χ1v) is 9.03. The molecule has 0 atom stereocenters. The van der Waals surface area contributed by atoms with Crippen LogP contribution in [0, 0.1) is 10.1 Å². The van der Waals surface area contributed by atoms with E-state index in [9.17, 15) is 30.2 Å². The number of phenolic OH excluding ortho intramolecular Hbond substituents is 3. The van der Waals surface area contributed by atoms with Crippen molar-refractivity contribution in [1.82, 2.24) is 5.32 Å². The summed E-state index contributed by atoms with van der Waals surface area (Å²) in [7, 11) is 0. The fourth-order valence-corrected chi connectivity index (χ4v) is 2.69. The van der Waals surface area contributed by atoms with Crippen LogP contribution in [0.5, 0.6) is 34.5 Å². The van der Waals surface area contributed by atoms with Crippen molar-refractivity contribution < 1.29 is 34.5 Å². The zero-order chi connectivity index (χ0) is 22.4. The first-order valence-electron chi connectivity index (χ1n) is 9.03. The van der Waals surface area contributed by atoms with E-state index in [1.807, 2.05) is 30.3 Å². The summed E-state index contributed by atoms with van der Waals surface area (Å²) in [6.45, 7) is 0.0288. The van der Waals surface area contributed by atoms with Gasteiger partial charge in [0.05, 0.1) is 11.5 Å². The van der Waals surface area contributed by atoms with E-state index in [1.54, 1.807) is 24.3 Å². The molecular formula is C21H18N2O8. The Morgan fingerprint density at radius 2 is 1.55 bits per heavy atom. The Balaban J connectivity index is 1.54. The number of nitro groups is 1. The summed E-state index contributed by atoms with van der Waals surface area (Å²) >= 11 is 0. The molecule has 0 bridgehead atoms. The topological polar surface area (TPSA) is 151 Å². The average Bonchev–Trinajstić information content (AvgIpc) is 2.72. The second-order valence-electron chi connectivity index (χ2n) is 6.24. The number of nitrogens with one attached hydrogen (secondary N) is 1. The first-order chi connectivity index (χ1) is 14.9. The van der Waals surface area contributed by atoms with Gasteiger partial charge in [-0.05, 0) is 36.4 Å². The van der Waals surface area contributed by atoms with Crippen molar-refractivity contribution in [1.29, 1.82) is 0 Å². The SMILES string of the molecule is O=C(NCCOc1ccc(Oc2ccccc2)cc1)c1c(O)cc(O)c([N+](=O)[O-])c1O. The molecule has 3 aromatic carbocycles. The van der Waals surface area contributed by atoms with Gasteiger partial charge >= 0.3 is 5.69 Å². The number of carbonyl (C=O) groups excluding carboxylic acids is 1. The molecule has 0 aliphatic carbocycles. The summed E-state index contributed by atoms with van der Waals surface area (Å²) in [5.74, 6) is -2.02. The number of ether oxygens (including phenoxy) is 2. The monoisotopic (exact) mass is 426 g/mol. The largest absolute Gasteiger partial charge is 0.507 e. The molecule has 0 saturated heterocycles. The van der Waals surface area contributed by atoms with Crippen molar-refractivity contribution in [2.75, 3.05) is 13.2 Å². The molecule has 0 spiro atoms. The number of phenols is 3. The van der Waals surface area contributed by atoms with E-state index >= 15 is 0 Å². The van der Waals surface area contributed by atoms with E-state index in [0.717, 1.165) is 0 Å². The smallest absolute Gasteiger partial charge is 0.353 e. The lowest BCUT2D eigenvalue weighted by atomic mass is 10.1. The third kappa shape index (κ3) is 5.12. The van der Waals surface area contributed by atoms with Gasteiger partial charge in [0.1, 0.15) is 35.2 Å². The molecule has 0 unspecified atom stereocenters. The van der Waals surface area contributed by atoms with Crippen LogP contribution in [0.15, 0.2) is 60.7 Å². The van der Waals surface area contributed by atoms with Crippen LogP contribution in [0.25, 0.3) is 0 Å². The van der Waals surface area contributed by atoms with Gasteiger partial charge in [-0.15, -0.1) is 0 Å². The Bertz CT molecular complexity index is 1080. The van der Waals surface area contributed by atoms with E-state index in [4.69, 9.17) is 9.47 Å². The molecule has 0 saturated carbocycles. The fraction of sp³-hybridized carbons (Fsp3) is 0.0952. The molecule has 3 aromatic rings. The van der Waals surface area contributed by atoms with E-state index in [-0.39, 0.29) is 13.2 Å². The molecule has 0 aliphatic heterocycles. The van der Waals surface area contributed by atoms with Crippen LogP contribution in [0.3, 0.4) is 0 Å². The Morgan fingerprint density at radius 1 is 0.935 bits per heavy atom. The van der Waals surface area contributed by atoms with E-state index in [2.05, 4.69) is 5.32 Å². The zero-order valence-corrected chi connectivity index (χ0v) is 16.0. The Hall–Kier alpha value is -4.47. The second kappa shape index (κ2) is 9.35. The molecular weight excluding hydrogens is 408 g/mol. The van der Waals surface area contributed by atoms with Crippen LogP contribution in [-0.4, -0.2) is 39.3 Å². The average molecular weight is 426 g/mol. The minimum atomic E-state index is -1.13. The lowest BCUT2D eigenvalue weighted by Gasteiger charge is -2.11. The predicted octanol–water partition coefficient (Wildman–Crippen LogP) is 3.31. The lowest BCUT2D eigenvalue weighted by Crippen LogP contribution is -2.28. The van der Waals surface area contributed by atoms with Crippen molar-refractivity contribution in [3.8, 4) is 34.5 Å². The highest BCUT2D eigenvalue weighted by Crippen LogP contribution is 2.42. The number of hydrogen-bond donors (Lipinski definition) is 4. The summed E-state index contributed by atoms with van der Waals surface area (Å²) < 4.78 is 11.2. The van der Waals surface area contributed by atoms with Crippen molar-refractivity contribution in [3.63, 3.8) is 0 Å². The van der Waals surface area contributed by atoms with Crippen LogP contribution in [0.1, 0.15) is 10.4 Å². The number of amides is 1. The van der Waals surface area contributed by atoms with Crippen LogP contribution >= 0.6 is 0 Å². The number of para-hydroxylation sites is 1. The van der Waals surface area contributed by atoms with Gasteiger partial charge in [0, 0.05) is 6.07 Å². The van der Waals surface area contributed by atoms with Gasteiger partial charge in [-0.3, -0.25) is 14.9 Å². The van der Waals surface area contributed by atoms with Crippen LogP contribution in [0.2, 0.25) is 0 Å². The Morgan fingerprint density at radius 3 is 2.19 bits per heavy atom. The maximum absolute atomic E-state index is 12.2.